The van der Waals surface area contributed by atoms with Crippen LogP contribution in [0.3, 0.4) is 0 Å². The minimum Gasteiger partial charge on any atom is -0.508 e. The van der Waals surface area contributed by atoms with E-state index in [1.807, 2.05) is 0 Å². The minimum absolute atomic E-state index is 0.0727. The van der Waals surface area contributed by atoms with Crippen LogP contribution in [0.5, 0.6) is 5.75 Å². The van der Waals surface area contributed by atoms with Crippen LogP contribution in [-0.4, -0.2) is 5.11 Å². The van der Waals surface area contributed by atoms with Crippen molar-refractivity contribution in [2.45, 2.75) is 51.6 Å². The maximum Gasteiger partial charge on any atom is 0.129 e. The van der Waals surface area contributed by atoms with Crippen LogP contribution in [0.25, 0.3) is 0 Å². The molecule has 1 aromatic rings. The van der Waals surface area contributed by atoms with Crippen LogP contribution in [0.1, 0.15) is 57.2 Å². The van der Waals surface area contributed by atoms with E-state index < -0.39 is 6.17 Å². The second-order valence-electron chi connectivity index (χ2n) is 4.23. The number of alkyl halides is 1. The largest absolute Gasteiger partial charge is 0.508 e. The highest BCUT2D eigenvalue weighted by Gasteiger charge is 2.12. The lowest BCUT2D eigenvalue weighted by Gasteiger charge is -2.09. The molecule has 90 valence electrons. The maximum absolute atomic E-state index is 13.7. The molecular weight excluding hydrogens is 203 g/mol. The van der Waals surface area contributed by atoms with E-state index in [0.29, 0.717) is 12.0 Å². The monoisotopic (exact) mass is 224 g/mol. The van der Waals surface area contributed by atoms with E-state index >= 15 is 0 Å². The molecule has 0 spiro atoms. The van der Waals surface area contributed by atoms with Gasteiger partial charge in [-0.25, -0.2) is 4.39 Å². The van der Waals surface area contributed by atoms with Crippen LogP contribution >= 0.6 is 0 Å². The van der Waals surface area contributed by atoms with Gasteiger partial charge in [-0.2, -0.15) is 0 Å². The molecule has 0 saturated carbocycles. The predicted molar refractivity (Wildman–Crippen MR) is 65.3 cm³/mol. The molecule has 0 fully saturated rings. The van der Waals surface area contributed by atoms with Crippen LogP contribution in [-0.2, 0) is 0 Å². The van der Waals surface area contributed by atoms with Crippen molar-refractivity contribution in [1.29, 1.82) is 0 Å². The van der Waals surface area contributed by atoms with Crippen LogP contribution in [0.2, 0.25) is 0 Å². The summed E-state index contributed by atoms with van der Waals surface area (Å²) in [6.45, 7) is 2.17. The van der Waals surface area contributed by atoms with Crippen molar-refractivity contribution >= 4 is 0 Å². The SMILES string of the molecule is CCCCCCCC(F)c1ccccc1O. The Balaban J connectivity index is 2.30. The molecule has 16 heavy (non-hydrogen) atoms. The molecule has 2 heteroatoms. The fraction of sp³-hybridized carbons (Fsp3) is 0.571. The van der Waals surface area contributed by atoms with Crippen LogP contribution in [0.15, 0.2) is 24.3 Å². The van der Waals surface area contributed by atoms with Gasteiger partial charge >= 0.3 is 0 Å². The highest BCUT2D eigenvalue weighted by atomic mass is 19.1. The van der Waals surface area contributed by atoms with E-state index in [4.69, 9.17) is 0 Å². The van der Waals surface area contributed by atoms with E-state index in [1.54, 1.807) is 24.3 Å². The van der Waals surface area contributed by atoms with Crippen LogP contribution in [0.4, 0.5) is 4.39 Å². The fourth-order valence-corrected chi connectivity index (χ4v) is 1.84. The molecule has 1 nitrogen and oxygen atoms in total. The number of phenols is 1. The Kier molecular flexibility index (Phi) is 5.91. The first-order chi connectivity index (χ1) is 7.75. The van der Waals surface area contributed by atoms with Crippen molar-refractivity contribution in [3.63, 3.8) is 0 Å². The molecule has 0 heterocycles. The lowest BCUT2D eigenvalue weighted by molar-refractivity contribution is 0.302. The number of benzene rings is 1. The third-order valence-corrected chi connectivity index (χ3v) is 2.84. The topological polar surface area (TPSA) is 20.2 Å². The van der Waals surface area contributed by atoms with Gasteiger partial charge in [0.2, 0.25) is 0 Å². The van der Waals surface area contributed by atoms with E-state index in [0.717, 1.165) is 12.8 Å². The van der Waals surface area contributed by atoms with Gasteiger partial charge < -0.3 is 5.11 Å². The Hall–Kier alpha value is -1.05. The van der Waals surface area contributed by atoms with Gasteiger partial charge in [-0.1, -0.05) is 57.2 Å². The normalized spacial score (nSPS) is 12.6. The number of unbranched alkanes of at least 4 members (excludes halogenated alkanes) is 4. The first-order valence-electron chi connectivity index (χ1n) is 6.17. The molecule has 0 amide bonds. The van der Waals surface area contributed by atoms with Gasteiger partial charge in [-0.05, 0) is 12.5 Å². The standard InChI is InChI=1S/C14H21FO/c1-2-3-4-5-6-10-13(15)12-9-7-8-11-14(12)16/h7-9,11,13,16H,2-6,10H2,1H3. The summed E-state index contributed by atoms with van der Waals surface area (Å²) in [7, 11) is 0. The third kappa shape index (κ3) is 4.21. The van der Waals surface area contributed by atoms with Crippen molar-refractivity contribution in [3.05, 3.63) is 29.8 Å². The average molecular weight is 224 g/mol. The van der Waals surface area contributed by atoms with E-state index in [1.165, 1.54) is 19.3 Å². The molecule has 1 N–H and O–H groups in total. The summed E-state index contributed by atoms with van der Waals surface area (Å²) in [5.41, 5.74) is 0.429. The first-order valence-corrected chi connectivity index (χ1v) is 6.17. The first kappa shape index (κ1) is 13.0. The number of rotatable bonds is 7. The zero-order valence-electron chi connectivity index (χ0n) is 9.95. The summed E-state index contributed by atoms with van der Waals surface area (Å²) in [5.74, 6) is 0.0727. The summed E-state index contributed by atoms with van der Waals surface area (Å²) >= 11 is 0. The van der Waals surface area contributed by atoms with E-state index in [2.05, 4.69) is 6.92 Å². The van der Waals surface area contributed by atoms with E-state index in [9.17, 15) is 9.50 Å². The Morgan fingerprint density at radius 3 is 2.50 bits per heavy atom. The molecule has 1 unspecified atom stereocenters. The quantitative estimate of drug-likeness (QED) is 0.662. The molecular formula is C14H21FO. The molecule has 0 aliphatic rings. The van der Waals surface area contributed by atoms with Crippen LogP contribution < -0.4 is 0 Å². The highest BCUT2D eigenvalue weighted by Crippen LogP contribution is 2.30. The maximum atomic E-state index is 13.7. The Morgan fingerprint density at radius 2 is 1.81 bits per heavy atom. The highest BCUT2D eigenvalue weighted by molar-refractivity contribution is 5.33. The van der Waals surface area contributed by atoms with Gasteiger partial charge in [0.25, 0.3) is 0 Å². The van der Waals surface area contributed by atoms with Gasteiger partial charge in [-0.15, -0.1) is 0 Å². The zero-order valence-corrected chi connectivity index (χ0v) is 9.95. The minimum atomic E-state index is -1.03. The second-order valence-corrected chi connectivity index (χ2v) is 4.23. The molecule has 0 radical (unpaired) electrons. The second kappa shape index (κ2) is 7.26. The van der Waals surface area contributed by atoms with Crippen LogP contribution in [0, 0.1) is 0 Å². The summed E-state index contributed by atoms with van der Waals surface area (Å²) in [6.07, 6.45) is 5.09. The van der Waals surface area contributed by atoms with Crippen molar-refractivity contribution in [3.8, 4) is 5.75 Å². The Morgan fingerprint density at radius 1 is 1.12 bits per heavy atom. The molecule has 0 aliphatic carbocycles. The van der Waals surface area contributed by atoms with Gasteiger partial charge in [-0.3, -0.25) is 0 Å². The molecule has 0 aliphatic heterocycles. The average Bonchev–Trinajstić information content (AvgIpc) is 2.29. The third-order valence-electron chi connectivity index (χ3n) is 2.84. The lowest BCUT2D eigenvalue weighted by atomic mass is 10.0. The fourth-order valence-electron chi connectivity index (χ4n) is 1.84. The summed E-state index contributed by atoms with van der Waals surface area (Å²) in [5, 5.41) is 9.48. The van der Waals surface area contributed by atoms with Crippen molar-refractivity contribution in [2.24, 2.45) is 0 Å². The van der Waals surface area contributed by atoms with Gasteiger partial charge in [0.05, 0.1) is 0 Å². The Labute approximate surface area is 97.3 Å². The Bertz CT molecular complexity index is 299. The number of hydrogen-bond donors (Lipinski definition) is 1. The number of halogens is 1. The molecule has 1 rings (SSSR count). The lowest BCUT2D eigenvalue weighted by Crippen LogP contribution is -1.92. The number of hydrogen-bond acceptors (Lipinski definition) is 1. The van der Waals surface area contributed by atoms with Gasteiger partial charge in [0.1, 0.15) is 11.9 Å². The van der Waals surface area contributed by atoms with Crippen molar-refractivity contribution in [2.75, 3.05) is 0 Å². The summed E-state index contributed by atoms with van der Waals surface area (Å²) in [4.78, 5) is 0. The summed E-state index contributed by atoms with van der Waals surface area (Å²) in [6, 6.07) is 6.68. The number of aromatic hydroxyl groups is 1. The smallest absolute Gasteiger partial charge is 0.129 e. The van der Waals surface area contributed by atoms with Crippen molar-refractivity contribution in [1.82, 2.24) is 0 Å². The zero-order chi connectivity index (χ0) is 11.8. The molecule has 1 atom stereocenters. The number of para-hydroxylation sites is 1. The predicted octanol–water partition coefficient (Wildman–Crippen LogP) is 4.76. The molecule has 0 aromatic heterocycles. The number of phenolic OH excluding ortho intramolecular Hbond substituents is 1. The molecule has 0 bridgehead atoms. The van der Waals surface area contributed by atoms with Gasteiger partial charge in [0, 0.05) is 5.56 Å². The van der Waals surface area contributed by atoms with Gasteiger partial charge in [0.15, 0.2) is 0 Å². The van der Waals surface area contributed by atoms with Crippen molar-refractivity contribution < 1.29 is 9.50 Å². The molecule has 1 aromatic carbocycles. The van der Waals surface area contributed by atoms with E-state index in [-0.39, 0.29) is 5.75 Å². The molecule has 0 saturated heterocycles. The summed E-state index contributed by atoms with van der Waals surface area (Å²) < 4.78 is 13.7.